The van der Waals surface area contributed by atoms with Crippen LogP contribution >= 0.6 is 0 Å². The number of ether oxygens (including phenoxy) is 1. The van der Waals surface area contributed by atoms with Gasteiger partial charge in [-0.05, 0) is 48.8 Å². The van der Waals surface area contributed by atoms with E-state index in [1.54, 1.807) is 23.2 Å². The summed E-state index contributed by atoms with van der Waals surface area (Å²) in [5, 5.41) is 3.29. The van der Waals surface area contributed by atoms with Crippen LogP contribution < -0.4 is 10.1 Å². The van der Waals surface area contributed by atoms with Gasteiger partial charge in [0.05, 0.1) is 24.2 Å². The molecule has 2 atom stereocenters. The second kappa shape index (κ2) is 7.47. The molecule has 9 heteroatoms. The number of anilines is 2. The Balaban J connectivity index is 1.49. The molecule has 1 aromatic heterocycles. The van der Waals surface area contributed by atoms with E-state index in [4.69, 9.17) is 4.74 Å². The minimum Gasteiger partial charge on any atom is -0.494 e. The number of pyridine rings is 1. The van der Waals surface area contributed by atoms with Gasteiger partial charge in [0.1, 0.15) is 5.82 Å². The van der Waals surface area contributed by atoms with Gasteiger partial charge in [-0.15, -0.1) is 0 Å². The van der Waals surface area contributed by atoms with Crippen molar-refractivity contribution >= 4 is 27.2 Å². The molecule has 2 aromatic rings. The van der Waals surface area contributed by atoms with E-state index >= 15 is 0 Å². The zero-order chi connectivity index (χ0) is 21.8. The van der Waals surface area contributed by atoms with Crippen LogP contribution in [0.4, 0.5) is 15.9 Å². The highest BCUT2D eigenvalue weighted by Crippen LogP contribution is 2.56. The predicted octanol–water partition coefficient (Wildman–Crippen LogP) is 3.21. The molecule has 2 unspecified atom stereocenters. The van der Waals surface area contributed by atoms with E-state index < -0.39 is 15.7 Å². The van der Waals surface area contributed by atoms with Crippen molar-refractivity contribution in [3.05, 3.63) is 46.9 Å². The van der Waals surface area contributed by atoms with E-state index in [2.05, 4.69) is 10.3 Å². The molecule has 7 nitrogen and oxygen atoms in total. The zero-order valence-electron chi connectivity index (χ0n) is 17.2. The van der Waals surface area contributed by atoms with Gasteiger partial charge in [-0.1, -0.05) is 0 Å². The minimum atomic E-state index is -3.06. The third kappa shape index (κ3) is 3.54. The van der Waals surface area contributed by atoms with Crippen molar-refractivity contribution in [1.82, 2.24) is 9.88 Å². The Morgan fingerprint density at radius 3 is 2.61 bits per heavy atom. The summed E-state index contributed by atoms with van der Waals surface area (Å²) in [6.07, 6.45) is 4.70. The Labute approximate surface area is 180 Å². The van der Waals surface area contributed by atoms with Crippen LogP contribution in [0, 0.1) is 5.82 Å². The van der Waals surface area contributed by atoms with Gasteiger partial charge in [0.25, 0.3) is 5.91 Å². The first-order valence-corrected chi connectivity index (χ1v) is 12.3. The van der Waals surface area contributed by atoms with E-state index in [1.807, 2.05) is 0 Å². The summed E-state index contributed by atoms with van der Waals surface area (Å²) in [5.74, 6) is 0.934. The molecule has 1 saturated heterocycles. The first-order valence-electron chi connectivity index (χ1n) is 10.5. The lowest BCUT2D eigenvalue weighted by Crippen LogP contribution is -2.44. The summed E-state index contributed by atoms with van der Waals surface area (Å²) < 4.78 is 42.3. The Morgan fingerprint density at radius 2 is 1.90 bits per heavy atom. The number of carbonyl (C=O) groups is 1. The van der Waals surface area contributed by atoms with Crippen LogP contribution in [0.2, 0.25) is 0 Å². The fourth-order valence-electron chi connectivity index (χ4n) is 5.13. The molecular formula is C22H24FN3O4S. The molecule has 2 fully saturated rings. The fraction of sp³-hybridized carbons (Fsp3) is 0.455. The molecule has 5 rings (SSSR count). The van der Waals surface area contributed by atoms with Crippen molar-refractivity contribution in [1.29, 1.82) is 0 Å². The van der Waals surface area contributed by atoms with Gasteiger partial charge in [0.15, 0.2) is 21.4 Å². The summed E-state index contributed by atoms with van der Waals surface area (Å²) in [6.45, 7) is 0.443. The first-order chi connectivity index (χ1) is 14.9. The maximum Gasteiger partial charge on any atom is 0.255 e. The molecule has 1 N–H and O–H groups in total. The van der Waals surface area contributed by atoms with Crippen LogP contribution in [0.1, 0.15) is 52.6 Å². The van der Waals surface area contributed by atoms with Crippen LogP contribution in [0.25, 0.3) is 0 Å². The van der Waals surface area contributed by atoms with E-state index in [9.17, 15) is 17.6 Å². The third-order valence-corrected chi connectivity index (χ3v) is 8.29. The Hall–Kier alpha value is -2.68. The number of nitrogens with zero attached hydrogens (tertiary/aromatic N) is 2. The average Bonchev–Trinajstić information content (AvgIpc) is 3.38. The molecular weight excluding hydrogens is 421 g/mol. The lowest BCUT2D eigenvalue weighted by atomic mass is 9.88. The van der Waals surface area contributed by atoms with Crippen LogP contribution in [-0.4, -0.2) is 55.9 Å². The number of benzene rings is 1. The van der Waals surface area contributed by atoms with Crippen LogP contribution in [0.15, 0.2) is 24.4 Å². The van der Waals surface area contributed by atoms with Crippen LogP contribution in [-0.2, 0) is 9.84 Å². The lowest BCUT2D eigenvalue weighted by molar-refractivity contribution is 0.0768. The summed E-state index contributed by atoms with van der Waals surface area (Å²) in [5.41, 5.74) is 3.36. The van der Waals surface area contributed by atoms with Crippen molar-refractivity contribution in [3.8, 4) is 5.75 Å². The molecule has 1 amide bonds. The first kappa shape index (κ1) is 20.2. The third-order valence-electron chi connectivity index (χ3n) is 6.68. The molecule has 2 bridgehead atoms. The van der Waals surface area contributed by atoms with Crippen LogP contribution in [0.5, 0.6) is 5.75 Å². The van der Waals surface area contributed by atoms with Gasteiger partial charge in [0, 0.05) is 36.6 Å². The number of fused-ring (bicyclic) bond motifs is 5. The summed E-state index contributed by atoms with van der Waals surface area (Å²) in [4.78, 5) is 19.5. The molecule has 3 aliphatic rings. The molecule has 31 heavy (non-hydrogen) atoms. The van der Waals surface area contributed by atoms with Crippen molar-refractivity contribution in [2.75, 3.05) is 37.0 Å². The summed E-state index contributed by atoms with van der Waals surface area (Å²) in [7, 11) is -1.64. The quantitative estimate of drug-likeness (QED) is 0.778. The molecule has 2 heterocycles. The standard InChI is InChI=1S/C22H24FN3O4S/c1-30-18-11-15(4-5-17(18)23)25-21-20-14-3-2-13(10-14)19(20)16(12-24-21)22(27)26-6-8-31(28,29)9-7-26/h4-5,11-14H,2-3,6-10H2,1H3,(H,24,25). The number of sulfone groups is 1. The molecule has 0 spiro atoms. The van der Waals surface area contributed by atoms with E-state index in [0.29, 0.717) is 28.9 Å². The summed E-state index contributed by atoms with van der Waals surface area (Å²) >= 11 is 0. The van der Waals surface area contributed by atoms with Gasteiger partial charge in [-0.2, -0.15) is 0 Å². The van der Waals surface area contributed by atoms with Gasteiger partial charge in [-0.3, -0.25) is 4.79 Å². The van der Waals surface area contributed by atoms with Gasteiger partial charge in [0.2, 0.25) is 0 Å². The van der Waals surface area contributed by atoms with Crippen LogP contribution in [0.3, 0.4) is 0 Å². The van der Waals surface area contributed by atoms with Crippen molar-refractivity contribution in [2.24, 2.45) is 0 Å². The maximum atomic E-state index is 13.8. The van der Waals surface area contributed by atoms with Crippen molar-refractivity contribution in [2.45, 2.75) is 31.1 Å². The number of carbonyl (C=O) groups excluding carboxylic acids is 1. The minimum absolute atomic E-state index is 0.00640. The number of halogens is 1. The number of nitrogens with one attached hydrogen (secondary N) is 1. The highest BCUT2D eigenvalue weighted by atomic mass is 32.2. The van der Waals surface area contributed by atoms with E-state index in [0.717, 1.165) is 30.4 Å². The highest BCUT2D eigenvalue weighted by molar-refractivity contribution is 7.91. The average molecular weight is 446 g/mol. The number of rotatable bonds is 4. The molecule has 0 radical (unpaired) electrons. The molecule has 1 aliphatic heterocycles. The lowest BCUT2D eigenvalue weighted by Gasteiger charge is -2.29. The Bertz CT molecular complexity index is 1150. The largest absolute Gasteiger partial charge is 0.494 e. The molecule has 1 aromatic carbocycles. The second-order valence-corrected chi connectivity index (χ2v) is 10.8. The number of amides is 1. The Kier molecular flexibility index (Phi) is 4.88. The number of hydrogen-bond donors (Lipinski definition) is 1. The monoisotopic (exact) mass is 445 g/mol. The van der Waals surface area contributed by atoms with E-state index in [-0.39, 0.29) is 36.3 Å². The maximum absolute atomic E-state index is 13.8. The number of aromatic nitrogens is 1. The van der Waals surface area contributed by atoms with E-state index in [1.165, 1.54) is 13.2 Å². The molecule has 1 saturated carbocycles. The molecule has 164 valence electrons. The van der Waals surface area contributed by atoms with Gasteiger partial charge < -0.3 is 15.0 Å². The molecule has 2 aliphatic carbocycles. The number of hydrogen-bond acceptors (Lipinski definition) is 6. The van der Waals surface area contributed by atoms with Gasteiger partial charge in [-0.25, -0.2) is 17.8 Å². The van der Waals surface area contributed by atoms with Gasteiger partial charge >= 0.3 is 0 Å². The fourth-order valence-corrected chi connectivity index (χ4v) is 6.33. The second-order valence-electron chi connectivity index (χ2n) is 8.47. The highest BCUT2D eigenvalue weighted by Gasteiger charge is 2.42. The number of methoxy groups -OCH3 is 1. The predicted molar refractivity (Wildman–Crippen MR) is 114 cm³/mol. The SMILES string of the molecule is COc1cc(Nc2ncc(C(=O)N3CCS(=O)(=O)CC3)c3c2C2CCC3C2)ccc1F. The smallest absolute Gasteiger partial charge is 0.255 e. The topological polar surface area (TPSA) is 88.6 Å². The van der Waals surface area contributed by atoms with Crippen molar-refractivity contribution in [3.63, 3.8) is 0 Å². The zero-order valence-corrected chi connectivity index (χ0v) is 18.0. The summed E-state index contributed by atoms with van der Waals surface area (Å²) in [6, 6.07) is 4.56. The van der Waals surface area contributed by atoms with Crippen molar-refractivity contribution < 1.29 is 22.3 Å². The normalized spacial score (nSPS) is 23.5. The Morgan fingerprint density at radius 1 is 1.19 bits per heavy atom.